The Bertz CT molecular complexity index is 963. The average Bonchev–Trinajstić information content (AvgIpc) is 3.22. The van der Waals surface area contributed by atoms with E-state index in [9.17, 15) is 9.59 Å². The predicted octanol–water partition coefficient (Wildman–Crippen LogP) is 4.34. The highest BCUT2D eigenvalue weighted by atomic mass is 35.5. The lowest BCUT2D eigenvalue weighted by Crippen LogP contribution is -2.18. The lowest BCUT2D eigenvalue weighted by molar-refractivity contribution is 0.0926. The Morgan fingerprint density at radius 2 is 1.59 bits per heavy atom. The summed E-state index contributed by atoms with van der Waals surface area (Å²) in [6, 6.07) is 16.9. The van der Waals surface area contributed by atoms with Crippen molar-refractivity contribution < 1.29 is 14.0 Å². The van der Waals surface area contributed by atoms with Crippen LogP contribution >= 0.6 is 11.6 Å². The number of furan rings is 1. The zero-order valence-electron chi connectivity index (χ0n) is 14.4. The first-order valence-corrected chi connectivity index (χ1v) is 8.46. The van der Waals surface area contributed by atoms with Crippen LogP contribution in [0.25, 0.3) is 0 Å². The van der Waals surface area contributed by atoms with Gasteiger partial charge in [-0.25, -0.2) is 5.43 Å². The standard InChI is InChI=1S/C20H16ClN3O3/c1-13(23-24-20(26)18-3-2-12-27-18)14-6-10-17(11-7-14)22-19(25)15-4-8-16(21)9-5-15/h2-12H,1H3,(H,22,25)(H,24,26)/b23-13-. The van der Waals surface area contributed by atoms with Gasteiger partial charge in [0.25, 0.3) is 5.91 Å². The van der Waals surface area contributed by atoms with Crippen LogP contribution in [0.2, 0.25) is 5.02 Å². The van der Waals surface area contributed by atoms with Crippen LogP contribution in [0.3, 0.4) is 0 Å². The minimum absolute atomic E-state index is 0.187. The lowest BCUT2D eigenvalue weighted by Gasteiger charge is -2.07. The van der Waals surface area contributed by atoms with E-state index in [0.29, 0.717) is 22.0 Å². The minimum Gasteiger partial charge on any atom is -0.459 e. The fourth-order valence-corrected chi connectivity index (χ4v) is 2.39. The van der Waals surface area contributed by atoms with Crippen LogP contribution in [-0.2, 0) is 0 Å². The molecule has 1 aromatic heterocycles. The number of hydrazone groups is 1. The number of anilines is 1. The van der Waals surface area contributed by atoms with Crippen LogP contribution in [0.15, 0.2) is 76.4 Å². The SMILES string of the molecule is C/C(=N/NC(=O)c1ccco1)c1ccc(NC(=O)c2ccc(Cl)cc2)cc1. The van der Waals surface area contributed by atoms with E-state index in [1.807, 2.05) is 0 Å². The van der Waals surface area contributed by atoms with Crippen LogP contribution in [0, 0.1) is 0 Å². The molecule has 3 rings (SSSR count). The van der Waals surface area contributed by atoms with Crippen LogP contribution in [-0.4, -0.2) is 17.5 Å². The number of carbonyl (C=O) groups is 2. The second kappa shape index (κ2) is 8.33. The number of hydrogen-bond acceptors (Lipinski definition) is 4. The van der Waals surface area contributed by atoms with Crippen molar-refractivity contribution >= 4 is 34.8 Å². The van der Waals surface area contributed by atoms with Gasteiger partial charge in [0.2, 0.25) is 0 Å². The zero-order chi connectivity index (χ0) is 19.2. The molecule has 1 heterocycles. The van der Waals surface area contributed by atoms with Crippen molar-refractivity contribution in [1.82, 2.24) is 5.43 Å². The molecule has 0 radical (unpaired) electrons. The van der Waals surface area contributed by atoms with E-state index in [1.165, 1.54) is 6.26 Å². The van der Waals surface area contributed by atoms with Crippen molar-refractivity contribution in [3.63, 3.8) is 0 Å². The van der Waals surface area contributed by atoms with Crippen LogP contribution in [0.5, 0.6) is 0 Å². The molecule has 136 valence electrons. The summed E-state index contributed by atoms with van der Waals surface area (Å²) in [6.45, 7) is 1.77. The van der Waals surface area contributed by atoms with Crippen molar-refractivity contribution in [2.75, 3.05) is 5.32 Å². The third-order valence-electron chi connectivity index (χ3n) is 3.74. The molecule has 0 bridgehead atoms. The summed E-state index contributed by atoms with van der Waals surface area (Å²) in [6.07, 6.45) is 1.42. The van der Waals surface area contributed by atoms with Crippen LogP contribution < -0.4 is 10.7 Å². The summed E-state index contributed by atoms with van der Waals surface area (Å²) in [5.74, 6) is -0.464. The molecule has 0 saturated carbocycles. The van der Waals surface area contributed by atoms with Crippen molar-refractivity contribution in [3.8, 4) is 0 Å². The maximum atomic E-state index is 12.2. The molecule has 0 aliphatic heterocycles. The normalized spacial score (nSPS) is 11.1. The molecule has 27 heavy (non-hydrogen) atoms. The Labute approximate surface area is 160 Å². The average molecular weight is 382 g/mol. The van der Waals surface area contributed by atoms with E-state index in [4.69, 9.17) is 16.0 Å². The van der Waals surface area contributed by atoms with Gasteiger partial charge < -0.3 is 9.73 Å². The van der Waals surface area contributed by atoms with Crippen molar-refractivity contribution in [2.45, 2.75) is 6.92 Å². The van der Waals surface area contributed by atoms with Gasteiger partial charge in [-0.1, -0.05) is 23.7 Å². The number of benzene rings is 2. The molecule has 2 aromatic carbocycles. The Kier molecular flexibility index (Phi) is 5.68. The van der Waals surface area contributed by atoms with Gasteiger partial charge in [-0.3, -0.25) is 9.59 Å². The number of nitrogens with zero attached hydrogens (tertiary/aromatic N) is 1. The van der Waals surface area contributed by atoms with Gasteiger partial charge in [-0.2, -0.15) is 5.10 Å². The van der Waals surface area contributed by atoms with Crippen molar-refractivity contribution in [2.24, 2.45) is 5.10 Å². The summed E-state index contributed by atoms with van der Waals surface area (Å²) in [5.41, 5.74) is 5.01. The smallest absolute Gasteiger partial charge is 0.307 e. The second-order valence-electron chi connectivity index (χ2n) is 5.65. The Morgan fingerprint density at radius 3 is 2.22 bits per heavy atom. The molecular weight excluding hydrogens is 366 g/mol. The Balaban J connectivity index is 1.62. The highest BCUT2D eigenvalue weighted by molar-refractivity contribution is 6.30. The molecule has 0 aliphatic carbocycles. The maximum absolute atomic E-state index is 12.2. The number of rotatable bonds is 5. The summed E-state index contributed by atoms with van der Waals surface area (Å²) < 4.78 is 5.00. The largest absolute Gasteiger partial charge is 0.459 e. The van der Waals surface area contributed by atoms with E-state index in [0.717, 1.165) is 5.56 Å². The number of carbonyl (C=O) groups excluding carboxylic acids is 2. The molecule has 0 fully saturated rings. The van der Waals surface area contributed by atoms with Gasteiger partial charge in [0, 0.05) is 16.3 Å². The molecular formula is C20H16ClN3O3. The third kappa shape index (κ3) is 4.83. The first-order valence-electron chi connectivity index (χ1n) is 8.08. The maximum Gasteiger partial charge on any atom is 0.307 e. The van der Waals surface area contributed by atoms with E-state index in [2.05, 4.69) is 15.8 Å². The molecule has 0 unspecified atom stereocenters. The third-order valence-corrected chi connectivity index (χ3v) is 3.99. The molecule has 0 saturated heterocycles. The van der Waals surface area contributed by atoms with Crippen molar-refractivity contribution in [3.05, 3.63) is 88.8 Å². The monoisotopic (exact) mass is 381 g/mol. The number of nitrogens with one attached hydrogen (secondary N) is 2. The quantitative estimate of drug-likeness (QED) is 0.509. The fraction of sp³-hybridized carbons (Fsp3) is 0.0500. The van der Waals surface area contributed by atoms with E-state index >= 15 is 0 Å². The molecule has 0 spiro atoms. The number of halogens is 1. The summed E-state index contributed by atoms with van der Waals surface area (Å²) in [7, 11) is 0. The Morgan fingerprint density at radius 1 is 0.926 bits per heavy atom. The van der Waals surface area contributed by atoms with Crippen molar-refractivity contribution in [1.29, 1.82) is 0 Å². The fourth-order valence-electron chi connectivity index (χ4n) is 2.26. The molecule has 2 N–H and O–H groups in total. The molecule has 0 atom stereocenters. The summed E-state index contributed by atoms with van der Waals surface area (Å²) >= 11 is 5.82. The predicted molar refractivity (Wildman–Crippen MR) is 104 cm³/mol. The van der Waals surface area contributed by atoms with Gasteiger partial charge in [0.15, 0.2) is 5.76 Å². The van der Waals surface area contributed by atoms with Crippen LogP contribution in [0.1, 0.15) is 33.4 Å². The lowest BCUT2D eigenvalue weighted by atomic mass is 10.1. The summed E-state index contributed by atoms with van der Waals surface area (Å²) in [5, 5.41) is 7.44. The van der Waals surface area contributed by atoms with E-state index in [-0.39, 0.29) is 11.7 Å². The van der Waals surface area contributed by atoms with E-state index < -0.39 is 5.91 Å². The summed E-state index contributed by atoms with van der Waals surface area (Å²) in [4.78, 5) is 24.0. The van der Waals surface area contributed by atoms with Gasteiger partial charge in [-0.15, -0.1) is 0 Å². The zero-order valence-corrected chi connectivity index (χ0v) is 15.2. The van der Waals surface area contributed by atoms with E-state index in [1.54, 1.807) is 67.6 Å². The number of hydrogen-bond donors (Lipinski definition) is 2. The topological polar surface area (TPSA) is 83.7 Å². The highest BCUT2D eigenvalue weighted by Crippen LogP contribution is 2.14. The van der Waals surface area contributed by atoms with Gasteiger partial charge in [0.05, 0.1) is 12.0 Å². The molecule has 7 heteroatoms. The van der Waals surface area contributed by atoms with Gasteiger partial charge in [-0.05, 0) is 61.0 Å². The molecule has 3 aromatic rings. The first-order chi connectivity index (χ1) is 13.0. The van der Waals surface area contributed by atoms with Crippen LogP contribution in [0.4, 0.5) is 5.69 Å². The second-order valence-corrected chi connectivity index (χ2v) is 6.09. The highest BCUT2D eigenvalue weighted by Gasteiger charge is 2.08. The first kappa shape index (κ1) is 18.4. The minimum atomic E-state index is -0.425. The molecule has 6 nitrogen and oxygen atoms in total. The number of amides is 2. The molecule has 0 aliphatic rings. The molecule has 2 amide bonds. The Hall–Kier alpha value is -3.38. The van der Waals surface area contributed by atoms with Gasteiger partial charge >= 0.3 is 5.91 Å². The van der Waals surface area contributed by atoms with Gasteiger partial charge in [0.1, 0.15) is 0 Å².